The van der Waals surface area contributed by atoms with Crippen LogP contribution in [0.15, 0.2) is 47.6 Å². The predicted octanol–water partition coefficient (Wildman–Crippen LogP) is 2.72. The van der Waals surface area contributed by atoms with Crippen LogP contribution < -0.4 is 0 Å². The first-order valence-corrected chi connectivity index (χ1v) is 5.48. The topological polar surface area (TPSA) is 25.2 Å². The fourth-order valence-corrected chi connectivity index (χ4v) is 1.99. The van der Waals surface area contributed by atoms with Gasteiger partial charge in [-0.2, -0.15) is 0 Å². The van der Waals surface area contributed by atoms with Gasteiger partial charge in [0, 0.05) is 24.5 Å². The van der Waals surface area contributed by atoms with Crippen molar-refractivity contribution < 1.29 is 0 Å². The molecule has 0 bridgehead atoms. The van der Waals surface area contributed by atoms with Gasteiger partial charge in [-0.05, 0) is 35.7 Å². The monoisotopic (exact) mass is 208 g/mol. The Morgan fingerprint density at radius 2 is 2.06 bits per heavy atom. The van der Waals surface area contributed by atoms with E-state index >= 15 is 0 Å². The summed E-state index contributed by atoms with van der Waals surface area (Å²) in [7, 11) is 0. The summed E-state index contributed by atoms with van der Waals surface area (Å²) in [6, 6.07) is 12.5. The minimum atomic E-state index is 0.901. The average Bonchev–Trinajstić information content (AvgIpc) is 2.39. The molecule has 0 spiro atoms. The quantitative estimate of drug-likeness (QED) is 0.707. The van der Waals surface area contributed by atoms with E-state index < -0.39 is 0 Å². The highest BCUT2D eigenvalue weighted by Crippen LogP contribution is 2.21. The normalized spacial score (nSPS) is 13.5. The molecule has 0 fully saturated rings. The third-order valence-electron chi connectivity index (χ3n) is 2.84. The first kappa shape index (κ1) is 9.28. The van der Waals surface area contributed by atoms with Crippen molar-refractivity contribution in [2.45, 2.75) is 6.42 Å². The molecule has 2 aromatic rings. The molecule has 1 aromatic heterocycles. The Balaban J connectivity index is 2.07. The molecule has 0 saturated heterocycles. The lowest BCUT2D eigenvalue weighted by Gasteiger charge is -2.11. The standard InChI is InChI=1S/C14H12N2/c1-2-7-16-14(3-1)12-4-5-13-10-15-8-6-11(13)9-12/h1-5,7,9-10H,6,8H2. The number of benzene rings is 1. The van der Waals surface area contributed by atoms with E-state index in [4.69, 9.17) is 0 Å². The van der Waals surface area contributed by atoms with Gasteiger partial charge in [0.15, 0.2) is 0 Å². The molecule has 2 heteroatoms. The van der Waals surface area contributed by atoms with E-state index in [0.717, 1.165) is 18.7 Å². The Kier molecular flexibility index (Phi) is 2.26. The summed E-state index contributed by atoms with van der Waals surface area (Å²) >= 11 is 0. The van der Waals surface area contributed by atoms with Crippen LogP contribution in [0, 0.1) is 0 Å². The van der Waals surface area contributed by atoms with Gasteiger partial charge in [-0.25, -0.2) is 0 Å². The smallest absolute Gasteiger partial charge is 0.0702 e. The fourth-order valence-electron chi connectivity index (χ4n) is 1.99. The third-order valence-corrected chi connectivity index (χ3v) is 2.84. The maximum Gasteiger partial charge on any atom is 0.0702 e. The van der Waals surface area contributed by atoms with E-state index in [0.29, 0.717) is 0 Å². The first-order valence-electron chi connectivity index (χ1n) is 5.48. The van der Waals surface area contributed by atoms with Gasteiger partial charge in [-0.3, -0.25) is 9.98 Å². The van der Waals surface area contributed by atoms with Crippen molar-refractivity contribution in [3.8, 4) is 11.3 Å². The van der Waals surface area contributed by atoms with Crippen LogP contribution in [0.3, 0.4) is 0 Å². The van der Waals surface area contributed by atoms with Gasteiger partial charge in [0.05, 0.1) is 5.69 Å². The van der Waals surface area contributed by atoms with Crippen LogP contribution in [0.4, 0.5) is 0 Å². The summed E-state index contributed by atoms with van der Waals surface area (Å²) in [5.74, 6) is 0. The maximum absolute atomic E-state index is 4.36. The molecule has 78 valence electrons. The lowest BCUT2D eigenvalue weighted by molar-refractivity contribution is 0.952. The summed E-state index contributed by atoms with van der Waals surface area (Å²) in [6.07, 6.45) is 4.82. The number of aromatic nitrogens is 1. The van der Waals surface area contributed by atoms with Crippen molar-refractivity contribution in [3.05, 3.63) is 53.7 Å². The van der Waals surface area contributed by atoms with Gasteiger partial charge >= 0.3 is 0 Å². The van der Waals surface area contributed by atoms with E-state index in [-0.39, 0.29) is 0 Å². The SMILES string of the molecule is C1=NCCc2cc(-c3ccccn3)ccc21. The highest BCUT2D eigenvalue weighted by Gasteiger charge is 2.07. The van der Waals surface area contributed by atoms with E-state index in [9.17, 15) is 0 Å². The highest BCUT2D eigenvalue weighted by molar-refractivity contribution is 5.84. The van der Waals surface area contributed by atoms with E-state index in [1.54, 1.807) is 0 Å². The van der Waals surface area contributed by atoms with Crippen LogP contribution in [0.25, 0.3) is 11.3 Å². The summed E-state index contributed by atoms with van der Waals surface area (Å²) in [4.78, 5) is 8.64. The molecule has 1 aromatic carbocycles. The zero-order valence-corrected chi connectivity index (χ0v) is 8.93. The molecule has 0 aliphatic carbocycles. The van der Waals surface area contributed by atoms with Crippen molar-refractivity contribution in [3.63, 3.8) is 0 Å². The number of hydrogen-bond acceptors (Lipinski definition) is 2. The van der Waals surface area contributed by atoms with Crippen LogP contribution in [0.5, 0.6) is 0 Å². The molecule has 0 N–H and O–H groups in total. The van der Waals surface area contributed by atoms with Gasteiger partial charge < -0.3 is 0 Å². The molecule has 2 nitrogen and oxygen atoms in total. The lowest BCUT2D eigenvalue weighted by atomic mass is 9.99. The minimum Gasteiger partial charge on any atom is -0.292 e. The van der Waals surface area contributed by atoms with Crippen LogP contribution >= 0.6 is 0 Å². The second-order valence-corrected chi connectivity index (χ2v) is 3.91. The molecular formula is C14H12N2. The molecule has 1 aliphatic rings. The van der Waals surface area contributed by atoms with E-state index in [1.165, 1.54) is 16.7 Å². The second-order valence-electron chi connectivity index (χ2n) is 3.91. The number of nitrogens with zero attached hydrogens (tertiary/aromatic N) is 2. The summed E-state index contributed by atoms with van der Waals surface area (Å²) in [6.45, 7) is 0.901. The van der Waals surface area contributed by atoms with Crippen LogP contribution in [-0.2, 0) is 6.42 Å². The molecule has 0 unspecified atom stereocenters. The third kappa shape index (κ3) is 1.63. The van der Waals surface area contributed by atoms with Crippen molar-refractivity contribution in [1.82, 2.24) is 4.98 Å². The van der Waals surface area contributed by atoms with Crippen molar-refractivity contribution in [1.29, 1.82) is 0 Å². The zero-order chi connectivity index (χ0) is 10.8. The summed E-state index contributed by atoms with van der Waals surface area (Å²) in [5, 5.41) is 0. The highest BCUT2D eigenvalue weighted by atomic mass is 14.7. The van der Waals surface area contributed by atoms with Crippen LogP contribution in [-0.4, -0.2) is 17.7 Å². The zero-order valence-electron chi connectivity index (χ0n) is 8.93. The molecule has 0 amide bonds. The van der Waals surface area contributed by atoms with Gasteiger partial charge in [0.2, 0.25) is 0 Å². The largest absolute Gasteiger partial charge is 0.292 e. The van der Waals surface area contributed by atoms with Gasteiger partial charge in [0.25, 0.3) is 0 Å². The second kappa shape index (κ2) is 3.89. The molecule has 1 aliphatic heterocycles. The molecule has 0 atom stereocenters. The van der Waals surface area contributed by atoms with Gasteiger partial charge in [-0.15, -0.1) is 0 Å². The number of aliphatic imine (C=N–C) groups is 1. The maximum atomic E-state index is 4.36. The molecule has 16 heavy (non-hydrogen) atoms. The summed E-state index contributed by atoms with van der Waals surface area (Å²) < 4.78 is 0. The Morgan fingerprint density at radius 1 is 1.06 bits per heavy atom. The minimum absolute atomic E-state index is 0.901. The number of fused-ring (bicyclic) bond motifs is 1. The van der Waals surface area contributed by atoms with Crippen molar-refractivity contribution in [2.24, 2.45) is 4.99 Å². The molecular weight excluding hydrogens is 196 g/mol. The van der Waals surface area contributed by atoms with Crippen LogP contribution in [0.2, 0.25) is 0 Å². The van der Waals surface area contributed by atoms with Crippen LogP contribution in [0.1, 0.15) is 11.1 Å². The van der Waals surface area contributed by atoms with Gasteiger partial charge in [0.1, 0.15) is 0 Å². The summed E-state index contributed by atoms with van der Waals surface area (Å²) in [5.41, 5.74) is 4.84. The Bertz CT molecular complexity index is 530. The van der Waals surface area contributed by atoms with Gasteiger partial charge in [-0.1, -0.05) is 18.2 Å². The molecule has 2 heterocycles. The Morgan fingerprint density at radius 3 is 2.94 bits per heavy atom. The molecule has 0 radical (unpaired) electrons. The lowest BCUT2D eigenvalue weighted by Crippen LogP contribution is -2.02. The predicted molar refractivity (Wildman–Crippen MR) is 65.8 cm³/mol. The fraction of sp³-hybridized carbons (Fsp3) is 0.143. The first-order chi connectivity index (χ1) is 7.93. The van der Waals surface area contributed by atoms with E-state index in [2.05, 4.69) is 28.2 Å². The van der Waals surface area contributed by atoms with Crippen molar-refractivity contribution >= 4 is 6.21 Å². The Labute approximate surface area is 94.7 Å². The average molecular weight is 208 g/mol. The molecule has 0 saturated carbocycles. The number of rotatable bonds is 1. The number of hydrogen-bond donors (Lipinski definition) is 0. The number of pyridine rings is 1. The Hall–Kier alpha value is -1.96. The van der Waals surface area contributed by atoms with Crippen molar-refractivity contribution in [2.75, 3.05) is 6.54 Å². The van der Waals surface area contributed by atoms with E-state index in [1.807, 2.05) is 30.6 Å². The molecule has 3 rings (SSSR count).